The van der Waals surface area contributed by atoms with Crippen molar-refractivity contribution in [3.63, 3.8) is 0 Å². The molecule has 3 aromatic rings. The molecule has 2 unspecified atom stereocenters. The first-order valence-electron chi connectivity index (χ1n) is 9.01. The molecule has 27 heavy (non-hydrogen) atoms. The van der Waals surface area contributed by atoms with Gasteiger partial charge in [0.15, 0.2) is 5.76 Å². The van der Waals surface area contributed by atoms with Crippen LogP contribution in [0.5, 0.6) is 0 Å². The van der Waals surface area contributed by atoms with Gasteiger partial charge in [-0.05, 0) is 26.8 Å². The summed E-state index contributed by atoms with van der Waals surface area (Å²) in [6, 6.07) is 7.88. The molecule has 0 spiro atoms. The van der Waals surface area contributed by atoms with Crippen LogP contribution in [0.4, 0.5) is 0 Å². The number of carbonyl (C=O) groups excluding carboxylic acids is 1. The summed E-state index contributed by atoms with van der Waals surface area (Å²) < 4.78 is 12.7. The first kappa shape index (κ1) is 18.5. The van der Waals surface area contributed by atoms with E-state index >= 15 is 0 Å². The minimum atomic E-state index is -0.0558. The molecule has 0 N–H and O–H groups in total. The van der Waals surface area contributed by atoms with Gasteiger partial charge in [-0.3, -0.25) is 4.79 Å². The van der Waals surface area contributed by atoms with E-state index in [-0.39, 0.29) is 18.1 Å². The Labute approximate surface area is 166 Å². The van der Waals surface area contributed by atoms with Gasteiger partial charge in [-0.1, -0.05) is 30.0 Å². The quantitative estimate of drug-likeness (QED) is 0.590. The minimum Gasteiger partial charge on any atom is -0.451 e. The third-order valence-corrected chi connectivity index (χ3v) is 6.86. The number of morpholine rings is 1. The molecule has 0 saturated carbocycles. The van der Waals surface area contributed by atoms with Gasteiger partial charge in [0, 0.05) is 34.3 Å². The smallest absolute Gasteiger partial charge is 0.290 e. The van der Waals surface area contributed by atoms with Crippen LogP contribution in [-0.4, -0.2) is 41.1 Å². The molecule has 142 valence electrons. The van der Waals surface area contributed by atoms with Crippen LogP contribution in [-0.2, 0) is 10.5 Å². The summed E-state index contributed by atoms with van der Waals surface area (Å²) in [5.74, 6) is 1.04. The standard InChI is InChI=1S/C20H22N2O3S2/c1-12-10-26-20(21-12)27-11-16-15-6-4-5-7-17(15)25-18(16)19(23)22-8-14(3)24-9-13(22)2/h4-7,10,13-14H,8-9,11H2,1-3H3. The average Bonchev–Trinajstić information content (AvgIpc) is 3.24. The second-order valence-corrected chi connectivity index (χ2v) is 8.98. The molecule has 4 rings (SSSR count). The summed E-state index contributed by atoms with van der Waals surface area (Å²) >= 11 is 3.27. The minimum absolute atomic E-state index is 0.0315. The summed E-state index contributed by atoms with van der Waals surface area (Å²) in [7, 11) is 0. The lowest BCUT2D eigenvalue weighted by molar-refractivity contribution is -0.0396. The number of aromatic nitrogens is 1. The number of para-hydroxylation sites is 1. The topological polar surface area (TPSA) is 55.6 Å². The number of fused-ring (bicyclic) bond motifs is 1. The molecular weight excluding hydrogens is 380 g/mol. The highest BCUT2D eigenvalue weighted by Gasteiger charge is 2.32. The van der Waals surface area contributed by atoms with Crippen LogP contribution in [0.1, 0.15) is 35.7 Å². The Balaban J connectivity index is 1.67. The summed E-state index contributed by atoms with van der Waals surface area (Å²) in [5.41, 5.74) is 2.72. The Morgan fingerprint density at radius 3 is 2.96 bits per heavy atom. The van der Waals surface area contributed by atoms with Crippen molar-refractivity contribution >= 4 is 40.0 Å². The number of furan rings is 1. The van der Waals surface area contributed by atoms with E-state index < -0.39 is 0 Å². The number of ether oxygens (including phenoxy) is 1. The van der Waals surface area contributed by atoms with Crippen LogP contribution in [0.15, 0.2) is 38.4 Å². The highest BCUT2D eigenvalue weighted by Crippen LogP contribution is 2.34. The molecule has 1 aliphatic heterocycles. The fourth-order valence-electron chi connectivity index (χ4n) is 3.26. The van der Waals surface area contributed by atoms with Crippen LogP contribution >= 0.6 is 23.1 Å². The van der Waals surface area contributed by atoms with Crippen LogP contribution in [0, 0.1) is 6.92 Å². The van der Waals surface area contributed by atoms with Gasteiger partial charge >= 0.3 is 0 Å². The molecule has 0 radical (unpaired) electrons. The van der Waals surface area contributed by atoms with Gasteiger partial charge in [0.2, 0.25) is 0 Å². The first-order chi connectivity index (χ1) is 13.0. The van der Waals surface area contributed by atoms with Crippen molar-refractivity contribution in [3.8, 4) is 0 Å². The molecule has 0 aliphatic carbocycles. The van der Waals surface area contributed by atoms with Crippen molar-refractivity contribution in [1.29, 1.82) is 0 Å². The maximum atomic E-state index is 13.3. The van der Waals surface area contributed by atoms with E-state index in [1.807, 2.05) is 55.3 Å². The van der Waals surface area contributed by atoms with Gasteiger partial charge < -0.3 is 14.1 Å². The van der Waals surface area contributed by atoms with Crippen molar-refractivity contribution in [3.05, 3.63) is 46.7 Å². The molecule has 7 heteroatoms. The first-order valence-corrected chi connectivity index (χ1v) is 10.9. The molecule has 1 saturated heterocycles. The lowest BCUT2D eigenvalue weighted by atomic mass is 10.1. The normalized spacial score (nSPS) is 20.3. The number of rotatable bonds is 4. The predicted molar refractivity (Wildman–Crippen MR) is 109 cm³/mol. The Morgan fingerprint density at radius 1 is 1.37 bits per heavy atom. The number of thiazole rings is 1. The summed E-state index contributed by atoms with van der Waals surface area (Å²) in [4.78, 5) is 19.7. The van der Waals surface area contributed by atoms with Crippen molar-refractivity contribution in [2.24, 2.45) is 0 Å². The number of hydrogen-bond acceptors (Lipinski definition) is 6. The summed E-state index contributed by atoms with van der Waals surface area (Å²) in [6.07, 6.45) is 0.0330. The van der Waals surface area contributed by atoms with Gasteiger partial charge in [0.1, 0.15) is 9.92 Å². The van der Waals surface area contributed by atoms with Crippen molar-refractivity contribution < 1.29 is 13.9 Å². The highest BCUT2D eigenvalue weighted by atomic mass is 32.2. The van der Waals surface area contributed by atoms with Crippen LogP contribution in [0.3, 0.4) is 0 Å². The number of benzene rings is 1. The number of thioether (sulfide) groups is 1. The van der Waals surface area contributed by atoms with Gasteiger partial charge in [-0.25, -0.2) is 4.98 Å². The van der Waals surface area contributed by atoms with E-state index in [2.05, 4.69) is 4.98 Å². The number of aryl methyl sites for hydroxylation is 1. The van der Waals surface area contributed by atoms with Crippen molar-refractivity contribution in [2.45, 2.75) is 43.0 Å². The second-order valence-electron chi connectivity index (χ2n) is 6.90. The van der Waals surface area contributed by atoms with E-state index in [9.17, 15) is 4.79 Å². The molecule has 1 amide bonds. The third kappa shape index (κ3) is 3.77. The Morgan fingerprint density at radius 2 is 2.19 bits per heavy atom. The zero-order valence-electron chi connectivity index (χ0n) is 15.6. The summed E-state index contributed by atoms with van der Waals surface area (Å²) in [5, 5.41) is 3.04. The van der Waals surface area contributed by atoms with Gasteiger partial charge in [-0.2, -0.15) is 0 Å². The zero-order valence-corrected chi connectivity index (χ0v) is 17.2. The molecule has 1 fully saturated rings. The van der Waals surface area contributed by atoms with Crippen LogP contribution in [0.2, 0.25) is 0 Å². The number of amides is 1. The maximum Gasteiger partial charge on any atom is 0.290 e. The SMILES string of the molecule is Cc1csc(SCc2c(C(=O)N3CC(C)OCC3C)oc3ccccc23)n1. The van der Waals surface area contributed by atoms with E-state index in [1.54, 1.807) is 23.1 Å². The molecule has 5 nitrogen and oxygen atoms in total. The molecule has 2 atom stereocenters. The van der Waals surface area contributed by atoms with Gasteiger partial charge in [0.25, 0.3) is 5.91 Å². The van der Waals surface area contributed by atoms with Crippen LogP contribution in [0.25, 0.3) is 11.0 Å². The largest absolute Gasteiger partial charge is 0.451 e. The molecular formula is C20H22N2O3S2. The van der Waals surface area contributed by atoms with E-state index in [1.165, 1.54) is 0 Å². The molecule has 2 aromatic heterocycles. The maximum absolute atomic E-state index is 13.3. The Hall–Kier alpha value is -1.83. The lowest BCUT2D eigenvalue weighted by Gasteiger charge is -2.36. The Bertz CT molecular complexity index is 965. The van der Waals surface area contributed by atoms with Gasteiger partial charge in [-0.15, -0.1) is 11.3 Å². The fourth-order valence-corrected chi connectivity index (χ4v) is 5.14. The van der Waals surface area contributed by atoms with E-state index in [0.717, 1.165) is 26.6 Å². The second kappa shape index (κ2) is 7.66. The zero-order chi connectivity index (χ0) is 19.0. The number of hydrogen-bond donors (Lipinski definition) is 0. The molecule has 1 aromatic carbocycles. The summed E-state index contributed by atoms with van der Waals surface area (Å²) in [6.45, 7) is 7.13. The molecule has 0 bridgehead atoms. The number of carbonyl (C=O) groups is 1. The molecule has 1 aliphatic rings. The fraction of sp³-hybridized carbons (Fsp3) is 0.400. The van der Waals surface area contributed by atoms with E-state index in [4.69, 9.17) is 9.15 Å². The number of nitrogens with zero attached hydrogens (tertiary/aromatic N) is 2. The lowest BCUT2D eigenvalue weighted by Crippen LogP contribution is -2.50. The van der Waals surface area contributed by atoms with Gasteiger partial charge in [0.05, 0.1) is 18.8 Å². The van der Waals surface area contributed by atoms with Crippen molar-refractivity contribution in [1.82, 2.24) is 9.88 Å². The average molecular weight is 403 g/mol. The molecule has 3 heterocycles. The van der Waals surface area contributed by atoms with Crippen molar-refractivity contribution in [2.75, 3.05) is 13.2 Å². The third-order valence-electron chi connectivity index (χ3n) is 4.70. The predicted octanol–water partition coefficient (Wildman–Crippen LogP) is 4.74. The Kier molecular flexibility index (Phi) is 5.25. The van der Waals surface area contributed by atoms with E-state index in [0.29, 0.717) is 24.7 Å². The highest BCUT2D eigenvalue weighted by molar-refractivity contribution is 8.00. The monoisotopic (exact) mass is 402 g/mol. The van der Waals surface area contributed by atoms with Crippen LogP contribution < -0.4 is 0 Å².